The highest BCUT2D eigenvalue weighted by molar-refractivity contribution is 9.11. The first-order valence-electron chi connectivity index (χ1n) is 8.12. The van der Waals surface area contributed by atoms with Crippen LogP contribution in [-0.2, 0) is 10.3 Å². The fourth-order valence-electron chi connectivity index (χ4n) is 3.20. The zero-order chi connectivity index (χ0) is 18.0. The van der Waals surface area contributed by atoms with Crippen LogP contribution in [0.3, 0.4) is 0 Å². The minimum absolute atomic E-state index is 0.202. The molecular weight excluding hydrogens is 578 g/mol. The van der Waals surface area contributed by atoms with Gasteiger partial charge in [0.15, 0.2) is 0 Å². The smallest absolute Gasteiger partial charge is 0.118 e. The number of ether oxygens (including phenoxy) is 1. The SMILES string of the molecule is CC(OC1CC[N]CC1)(c1ccc(Br)cc1Br)c1ccc(Br)cc1Br. The fourth-order valence-corrected chi connectivity index (χ4v) is 6.05. The standard InChI is InChI=1S/C19H18Br4NO/c1-19(25-14-6-8-24-9-7-14,15-4-2-12(20)10-17(15)22)16-5-3-13(21)11-18(16)23/h2-5,10-11,14H,6-9H2,1H3. The Hall–Kier alpha value is 0.280. The quantitative estimate of drug-likeness (QED) is 0.382. The Morgan fingerprint density at radius 1 is 0.880 bits per heavy atom. The van der Waals surface area contributed by atoms with Crippen LogP contribution in [0.5, 0.6) is 0 Å². The second-order valence-electron chi connectivity index (χ2n) is 6.27. The summed E-state index contributed by atoms with van der Waals surface area (Å²) in [7, 11) is 0. The molecule has 1 aliphatic heterocycles. The lowest BCUT2D eigenvalue weighted by Gasteiger charge is -2.38. The van der Waals surface area contributed by atoms with Gasteiger partial charge in [0.1, 0.15) is 5.60 Å². The van der Waals surface area contributed by atoms with Crippen molar-refractivity contribution in [3.05, 3.63) is 65.4 Å². The average Bonchev–Trinajstić information content (AvgIpc) is 2.55. The van der Waals surface area contributed by atoms with Crippen molar-refractivity contribution < 1.29 is 4.74 Å². The molecule has 0 N–H and O–H groups in total. The summed E-state index contributed by atoms with van der Waals surface area (Å²) in [5.41, 5.74) is 1.66. The van der Waals surface area contributed by atoms with Crippen LogP contribution in [0.15, 0.2) is 54.3 Å². The second-order valence-corrected chi connectivity index (χ2v) is 9.81. The molecule has 0 amide bonds. The van der Waals surface area contributed by atoms with Crippen molar-refractivity contribution in [1.29, 1.82) is 0 Å². The lowest BCUT2D eigenvalue weighted by molar-refractivity contribution is -0.0736. The van der Waals surface area contributed by atoms with Crippen LogP contribution in [0.4, 0.5) is 0 Å². The van der Waals surface area contributed by atoms with Crippen molar-refractivity contribution >= 4 is 63.7 Å². The molecule has 2 aromatic carbocycles. The Morgan fingerprint density at radius 2 is 1.36 bits per heavy atom. The van der Waals surface area contributed by atoms with Crippen LogP contribution in [0.2, 0.25) is 0 Å². The molecule has 1 radical (unpaired) electrons. The number of halogens is 4. The zero-order valence-corrected chi connectivity index (χ0v) is 20.1. The van der Waals surface area contributed by atoms with E-state index in [2.05, 4.69) is 112 Å². The predicted molar refractivity (Wildman–Crippen MR) is 116 cm³/mol. The van der Waals surface area contributed by atoms with Crippen LogP contribution < -0.4 is 5.32 Å². The minimum Gasteiger partial charge on any atom is -0.362 e. The Kier molecular flexibility index (Phi) is 6.83. The fraction of sp³-hybridized carbons (Fsp3) is 0.368. The van der Waals surface area contributed by atoms with Gasteiger partial charge in [0.25, 0.3) is 0 Å². The summed E-state index contributed by atoms with van der Waals surface area (Å²) in [4.78, 5) is 0. The summed E-state index contributed by atoms with van der Waals surface area (Å²) >= 11 is 14.5. The molecule has 1 heterocycles. The topological polar surface area (TPSA) is 23.3 Å². The summed E-state index contributed by atoms with van der Waals surface area (Å²) in [5.74, 6) is 0. The van der Waals surface area contributed by atoms with E-state index >= 15 is 0 Å². The van der Waals surface area contributed by atoms with E-state index in [9.17, 15) is 0 Å². The van der Waals surface area contributed by atoms with E-state index in [1.807, 2.05) is 0 Å². The molecule has 2 nitrogen and oxygen atoms in total. The number of nitrogens with zero attached hydrogens (tertiary/aromatic N) is 1. The number of rotatable bonds is 4. The Morgan fingerprint density at radius 3 is 1.80 bits per heavy atom. The largest absolute Gasteiger partial charge is 0.362 e. The Bertz CT molecular complexity index is 708. The van der Waals surface area contributed by atoms with Gasteiger partial charge in [-0.3, -0.25) is 0 Å². The van der Waals surface area contributed by atoms with Gasteiger partial charge in [-0.05, 0) is 44.0 Å². The van der Waals surface area contributed by atoms with Crippen molar-refractivity contribution in [3.8, 4) is 0 Å². The second kappa shape index (κ2) is 8.53. The highest BCUT2D eigenvalue weighted by atomic mass is 79.9. The van der Waals surface area contributed by atoms with Gasteiger partial charge in [-0.1, -0.05) is 75.9 Å². The molecule has 133 valence electrons. The van der Waals surface area contributed by atoms with Gasteiger partial charge in [-0.15, -0.1) is 0 Å². The molecule has 1 aliphatic rings. The van der Waals surface area contributed by atoms with Gasteiger partial charge in [0.05, 0.1) is 6.10 Å². The first kappa shape index (κ1) is 20.0. The van der Waals surface area contributed by atoms with Gasteiger partial charge in [0, 0.05) is 42.1 Å². The molecule has 1 fully saturated rings. The molecule has 0 unspecified atom stereocenters. The summed E-state index contributed by atoms with van der Waals surface area (Å²) in [6.07, 6.45) is 2.14. The number of benzene rings is 2. The molecular formula is C19H18Br4NO. The van der Waals surface area contributed by atoms with Gasteiger partial charge in [0.2, 0.25) is 0 Å². The molecule has 0 aliphatic carbocycles. The Labute approximate surface area is 182 Å². The monoisotopic (exact) mass is 592 g/mol. The molecule has 25 heavy (non-hydrogen) atoms. The van der Waals surface area contributed by atoms with Gasteiger partial charge < -0.3 is 4.74 Å². The lowest BCUT2D eigenvalue weighted by atomic mass is 9.87. The lowest BCUT2D eigenvalue weighted by Crippen LogP contribution is -2.37. The van der Waals surface area contributed by atoms with E-state index in [4.69, 9.17) is 4.74 Å². The number of piperidine rings is 1. The third kappa shape index (κ3) is 4.58. The molecule has 6 heteroatoms. The summed E-state index contributed by atoms with van der Waals surface area (Å²) in [5, 5.41) is 4.45. The molecule has 0 saturated carbocycles. The number of hydrogen-bond donors (Lipinski definition) is 0. The molecule has 0 atom stereocenters. The van der Waals surface area contributed by atoms with Crippen molar-refractivity contribution in [2.75, 3.05) is 13.1 Å². The zero-order valence-electron chi connectivity index (χ0n) is 13.7. The van der Waals surface area contributed by atoms with Crippen molar-refractivity contribution in [2.24, 2.45) is 0 Å². The summed E-state index contributed by atoms with van der Waals surface area (Å²) in [6.45, 7) is 3.91. The molecule has 2 aromatic rings. The van der Waals surface area contributed by atoms with Crippen LogP contribution in [0.25, 0.3) is 0 Å². The van der Waals surface area contributed by atoms with Crippen molar-refractivity contribution in [2.45, 2.75) is 31.5 Å². The maximum atomic E-state index is 6.74. The molecule has 1 saturated heterocycles. The van der Waals surface area contributed by atoms with E-state index in [1.54, 1.807) is 0 Å². The predicted octanol–water partition coefficient (Wildman–Crippen LogP) is 6.78. The Balaban J connectivity index is 2.09. The summed E-state index contributed by atoms with van der Waals surface area (Å²) < 4.78 is 10.9. The molecule has 3 rings (SSSR count). The highest BCUT2D eigenvalue weighted by Crippen LogP contribution is 2.43. The van der Waals surface area contributed by atoms with Gasteiger partial charge >= 0.3 is 0 Å². The maximum absolute atomic E-state index is 6.74. The van der Waals surface area contributed by atoms with Gasteiger partial charge in [-0.25, -0.2) is 5.32 Å². The van der Waals surface area contributed by atoms with Crippen molar-refractivity contribution in [1.82, 2.24) is 5.32 Å². The van der Waals surface area contributed by atoms with E-state index in [0.29, 0.717) is 0 Å². The third-order valence-electron chi connectivity index (χ3n) is 4.51. The first-order chi connectivity index (χ1) is 11.9. The van der Waals surface area contributed by atoms with E-state index < -0.39 is 5.60 Å². The van der Waals surface area contributed by atoms with Crippen molar-refractivity contribution in [3.63, 3.8) is 0 Å². The molecule has 0 aromatic heterocycles. The average molecular weight is 596 g/mol. The van der Waals surface area contributed by atoms with E-state index in [1.165, 1.54) is 0 Å². The van der Waals surface area contributed by atoms with Crippen LogP contribution in [0, 0.1) is 0 Å². The van der Waals surface area contributed by atoms with E-state index in [-0.39, 0.29) is 6.10 Å². The van der Waals surface area contributed by atoms with Crippen LogP contribution in [-0.4, -0.2) is 19.2 Å². The third-order valence-corrected chi connectivity index (χ3v) is 6.81. The normalized spacial score (nSPS) is 16.2. The van der Waals surface area contributed by atoms with E-state index in [0.717, 1.165) is 54.9 Å². The number of hydrogen-bond acceptors (Lipinski definition) is 1. The van der Waals surface area contributed by atoms with Crippen LogP contribution >= 0.6 is 63.7 Å². The molecule has 0 bridgehead atoms. The van der Waals surface area contributed by atoms with Crippen LogP contribution in [0.1, 0.15) is 30.9 Å². The maximum Gasteiger partial charge on any atom is 0.118 e. The molecule has 0 spiro atoms. The van der Waals surface area contributed by atoms with Gasteiger partial charge in [-0.2, -0.15) is 0 Å². The first-order valence-corrected chi connectivity index (χ1v) is 11.3. The summed E-state index contributed by atoms with van der Waals surface area (Å²) in [6, 6.07) is 12.5. The minimum atomic E-state index is -0.568. The highest BCUT2D eigenvalue weighted by Gasteiger charge is 2.36.